The highest BCUT2D eigenvalue weighted by Gasteiger charge is 2.30. The third-order valence-electron chi connectivity index (χ3n) is 6.18. The smallest absolute Gasteiger partial charge is 0.413 e. The van der Waals surface area contributed by atoms with Crippen LogP contribution in [-0.2, 0) is 14.3 Å². The normalized spacial score (nSPS) is 17.3. The number of hydrogen-bond donors (Lipinski definition) is 2. The van der Waals surface area contributed by atoms with E-state index in [-0.39, 0.29) is 49.7 Å². The van der Waals surface area contributed by atoms with Crippen LogP contribution in [0.2, 0.25) is 0 Å². The Bertz CT molecular complexity index is 1230. The molecule has 2 heterocycles. The molecule has 5 rings (SSSR count). The van der Waals surface area contributed by atoms with Crippen molar-refractivity contribution in [2.45, 2.75) is 5.92 Å². The van der Waals surface area contributed by atoms with Crippen LogP contribution < -0.4 is 5.32 Å². The Kier molecular flexibility index (Phi) is 6.47. The molecule has 1 atom stereocenters. The summed E-state index contributed by atoms with van der Waals surface area (Å²) in [7, 11) is 0. The average molecular weight is 494 g/mol. The van der Waals surface area contributed by atoms with Crippen molar-refractivity contribution >= 4 is 34.4 Å². The maximum absolute atomic E-state index is 12.8. The van der Waals surface area contributed by atoms with Crippen LogP contribution in [0.3, 0.4) is 0 Å². The van der Waals surface area contributed by atoms with E-state index in [2.05, 4.69) is 22.4 Å². The SMILES string of the molecule is O=C(Nc1nc(C(=O)N2CCOCC(C(=O)O)C2)cs1)OCC1c2ccccc2-c2ccccc21. The number of ether oxygens (including phenoxy) is 2. The summed E-state index contributed by atoms with van der Waals surface area (Å²) >= 11 is 1.10. The van der Waals surface area contributed by atoms with Gasteiger partial charge in [0.1, 0.15) is 12.3 Å². The van der Waals surface area contributed by atoms with E-state index in [0.717, 1.165) is 33.6 Å². The molecule has 1 fully saturated rings. The summed E-state index contributed by atoms with van der Waals surface area (Å²) in [4.78, 5) is 42.3. The molecule has 0 spiro atoms. The second kappa shape index (κ2) is 9.85. The van der Waals surface area contributed by atoms with Gasteiger partial charge >= 0.3 is 12.1 Å². The van der Waals surface area contributed by atoms with Gasteiger partial charge in [-0.2, -0.15) is 0 Å². The number of nitrogens with zero attached hydrogens (tertiary/aromatic N) is 2. The van der Waals surface area contributed by atoms with Gasteiger partial charge in [0.05, 0.1) is 19.1 Å². The van der Waals surface area contributed by atoms with Crippen LogP contribution >= 0.6 is 11.3 Å². The molecule has 3 aromatic rings. The number of rotatable bonds is 5. The number of carbonyl (C=O) groups is 3. The Labute approximate surface area is 205 Å². The molecule has 180 valence electrons. The van der Waals surface area contributed by atoms with Crippen molar-refractivity contribution in [2.75, 3.05) is 38.2 Å². The fourth-order valence-electron chi connectivity index (χ4n) is 4.46. The van der Waals surface area contributed by atoms with Gasteiger partial charge in [0.15, 0.2) is 5.13 Å². The second-order valence-electron chi connectivity index (χ2n) is 8.35. The predicted octanol–water partition coefficient (Wildman–Crippen LogP) is 3.68. The Morgan fingerprint density at radius 3 is 2.49 bits per heavy atom. The number of carbonyl (C=O) groups excluding carboxylic acids is 2. The average Bonchev–Trinajstić information content (AvgIpc) is 3.35. The summed E-state index contributed by atoms with van der Waals surface area (Å²) in [5, 5.41) is 13.6. The van der Waals surface area contributed by atoms with Gasteiger partial charge in [-0.1, -0.05) is 48.5 Å². The van der Waals surface area contributed by atoms with Crippen molar-refractivity contribution in [1.29, 1.82) is 0 Å². The first kappa shape index (κ1) is 23.0. The molecule has 0 radical (unpaired) electrons. The molecule has 2 aliphatic rings. The molecular formula is C25H23N3O6S. The van der Waals surface area contributed by atoms with Crippen LogP contribution in [-0.4, -0.2) is 65.9 Å². The maximum Gasteiger partial charge on any atom is 0.413 e. The third-order valence-corrected chi connectivity index (χ3v) is 6.94. The lowest BCUT2D eigenvalue weighted by molar-refractivity contribution is -0.143. The number of nitrogens with one attached hydrogen (secondary N) is 1. The minimum absolute atomic E-state index is 0.0425. The molecule has 1 aliphatic carbocycles. The highest BCUT2D eigenvalue weighted by Crippen LogP contribution is 2.44. The first-order valence-electron chi connectivity index (χ1n) is 11.2. The van der Waals surface area contributed by atoms with Crippen molar-refractivity contribution < 1.29 is 29.0 Å². The number of carboxylic acid groups (broad SMARTS) is 1. The summed E-state index contributed by atoms with van der Waals surface area (Å²) < 4.78 is 10.8. The molecule has 1 aliphatic heterocycles. The molecule has 1 unspecified atom stereocenters. The van der Waals surface area contributed by atoms with Gasteiger partial charge in [-0.3, -0.25) is 14.9 Å². The van der Waals surface area contributed by atoms with Crippen LogP contribution in [0.15, 0.2) is 53.9 Å². The molecule has 0 saturated carbocycles. The Morgan fingerprint density at radius 1 is 1.11 bits per heavy atom. The molecule has 2 aromatic carbocycles. The second-order valence-corrected chi connectivity index (χ2v) is 9.21. The summed E-state index contributed by atoms with van der Waals surface area (Å²) in [6.45, 7) is 0.798. The minimum Gasteiger partial charge on any atom is -0.481 e. The standard InChI is InChI=1S/C25H23N3O6S/c29-22(28-9-10-33-12-15(11-28)23(30)31)21-14-35-24(26-21)27-25(32)34-13-20-18-7-3-1-5-16(18)17-6-2-4-8-19(17)20/h1-8,14-15,20H,9-13H2,(H,30,31)(H,26,27,32). The van der Waals surface area contributed by atoms with Crippen LogP contribution in [0.5, 0.6) is 0 Å². The number of thiazole rings is 1. The van der Waals surface area contributed by atoms with Gasteiger partial charge in [-0.15, -0.1) is 11.3 Å². The summed E-state index contributed by atoms with van der Waals surface area (Å²) in [5.41, 5.74) is 4.65. The zero-order valence-corrected chi connectivity index (χ0v) is 19.5. The topological polar surface area (TPSA) is 118 Å². The highest BCUT2D eigenvalue weighted by molar-refractivity contribution is 7.14. The fourth-order valence-corrected chi connectivity index (χ4v) is 5.13. The first-order valence-corrected chi connectivity index (χ1v) is 12.1. The number of hydrogen-bond acceptors (Lipinski definition) is 7. The first-order chi connectivity index (χ1) is 17.0. The Hall–Kier alpha value is -3.76. The molecule has 2 N–H and O–H groups in total. The van der Waals surface area contributed by atoms with E-state index < -0.39 is 23.9 Å². The molecule has 9 nitrogen and oxygen atoms in total. The predicted molar refractivity (Wildman–Crippen MR) is 129 cm³/mol. The van der Waals surface area contributed by atoms with E-state index in [1.165, 1.54) is 10.3 Å². The quantitative estimate of drug-likeness (QED) is 0.557. The van der Waals surface area contributed by atoms with Gasteiger partial charge < -0.3 is 19.5 Å². The lowest BCUT2D eigenvalue weighted by Gasteiger charge is -2.20. The lowest BCUT2D eigenvalue weighted by Crippen LogP contribution is -2.38. The van der Waals surface area contributed by atoms with Crippen LogP contribution in [0.25, 0.3) is 11.1 Å². The number of amides is 2. The van der Waals surface area contributed by atoms with Gasteiger partial charge in [0, 0.05) is 24.4 Å². The van der Waals surface area contributed by atoms with Crippen molar-refractivity contribution in [3.8, 4) is 11.1 Å². The van der Waals surface area contributed by atoms with Crippen molar-refractivity contribution in [3.05, 3.63) is 70.7 Å². The Morgan fingerprint density at radius 2 is 1.80 bits per heavy atom. The maximum atomic E-state index is 12.8. The van der Waals surface area contributed by atoms with Gasteiger partial charge in [0.25, 0.3) is 5.91 Å². The lowest BCUT2D eigenvalue weighted by atomic mass is 9.98. The summed E-state index contributed by atoms with van der Waals surface area (Å²) in [6.07, 6.45) is -0.658. The monoisotopic (exact) mass is 493 g/mol. The zero-order chi connectivity index (χ0) is 24.4. The van der Waals surface area contributed by atoms with Crippen molar-refractivity contribution in [1.82, 2.24) is 9.88 Å². The molecule has 10 heteroatoms. The zero-order valence-electron chi connectivity index (χ0n) is 18.7. The number of benzene rings is 2. The number of fused-ring (bicyclic) bond motifs is 3. The van der Waals surface area contributed by atoms with Crippen molar-refractivity contribution in [2.24, 2.45) is 5.92 Å². The van der Waals surface area contributed by atoms with Gasteiger partial charge in [0.2, 0.25) is 0 Å². The van der Waals surface area contributed by atoms with Crippen LogP contribution in [0.1, 0.15) is 27.5 Å². The minimum atomic E-state index is -1.01. The number of aromatic nitrogens is 1. The van der Waals surface area contributed by atoms with E-state index in [0.29, 0.717) is 0 Å². The van der Waals surface area contributed by atoms with E-state index in [1.807, 2.05) is 36.4 Å². The van der Waals surface area contributed by atoms with Crippen LogP contribution in [0, 0.1) is 5.92 Å². The fraction of sp³-hybridized carbons (Fsp3) is 0.280. The van der Waals surface area contributed by atoms with Crippen LogP contribution in [0.4, 0.5) is 9.93 Å². The summed E-state index contributed by atoms with van der Waals surface area (Å²) in [5.74, 6) is -2.27. The van der Waals surface area contributed by atoms with Crippen molar-refractivity contribution in [3.63, 3.8) is 0 Å². The van der Waals surface area contributed by atoms with E-state index in [9.17, 15) is 19.5 Å². The largest absolute Gasteiger partial charge is 0.481 e. The molecule has 0 bridgehead atoms. The van der Waals surface area contributed by atoms with E-state index in [4.69, 9.17) is 9.47 Å². The number of carboxylic acids is 1. The highest BCUT2D eigenvalue weighted by atomic mass is 32.1. The van der Waals surface area contributed by atoms with Gasteiger partial charge in [-0.05, 0) is 22.3 Å². The number of aliphatic carboxylic acids is 1. The molecule has 35 heavy (non-hydrogen) atoms. The molecule has 1 saturated heterocycles. The molecular weight excluding hydrogens is 470 g/mol. The Balaban J connectivity index is 1.21. The van der Waals surface area contributed by atoms with E-state index in [1.54, 1.807) is 0 Å². The summed E-state index contributed by atoms with van der Waals surface area (Å²) in [6, 6.07) is 16.2. The molecule has 2 amide bonds. The number of anilines is 1. The molecule has 1 aromatic heterocycles. The van der Waals surface area contributed by atoms with E-state index >= 15 is 0 Å². The third kappa shape index (κ3) is 4.75. The van der Waals surface area contributed by atoms with Gasteiger partial charge in [-0.25, -0.2) is 9.78 Å².